The predicted molar refractivity (Wildman–Crippen MR) is 59.0 cm³/mol. The molecular weight excluding hydrogens is 208 g/mol. The molecule has 88 valence electrons. The Balaban J connectivity index is 2.72. The van der Waals surface area contributed by atoms with Crippen molar-refractivity contribution in [2.45, 2.75) is 25.7 Å². The summed E-state index contributed by atoms with van der Waals surface area (Å²) in [5, 5.41) is 17.4. The van der Waals surface area contributed by atoms with E-state index < -0.39 is 11.9 Å². The average molecular weight is 224 g/mol. The Morgan fingerprint density at radius 1 is 1.31 bits per heavy atom. The molecule has 0 bridgehead atoms. The van der Waals surface area contributed by atoms with Gasteiger partial charge in [-0.1, -0.05) is 30.3 Å². The molecule has 0 saturated carbocycles. The second kappa shape index (κ2) is 5.21. The summed E-state index contributed by atoms with van der Waals surface area (Å²) in [4.78, 5) is 12.0. The quantitative estimate of drug-likeness (QED) is 0.578. The summed E-state index contributed by atoms with van der Waals surface area (Å²) in [6.07, 6.45) is -1.57. The number of hydrogen-bond donors (Lipinski definition) is 2. The second-order valence-electron chi connectivity index (χ2n) is 4.00. The number of carbonyl (C=O) groups excluding carboxylic acids is 1. The van der Waals surface area contributed by atoms with Crippen molar-refractivity contribution in [2.24, 2.45) is 0 Å². The van der Waals surface area contributed by atoms with Gasteiger partial charge < -0.3 is 14.9 Å². The third-order valence-corrected chi connectivity index (χ3v) is 2.18. The van der Waals surface area contributed by atoms with E-state index >= 15 is 0 Å². The molecule has 0 aliphatic rings. The first kappa shape index (κ1) is 12.8. The Hall–Kier alpha value is -1.23. The molecule has 0 aromatic heterocycles. The zero-order valence-corrected chi connectivity index (χ0v) is 9.38. The predicted octanol–water partition coefficient (Wildman–Crippen LogP) is 0.975. The number of carbonyl (C=O) groups is 1. The molecule has 0 aliphatic carbocycles. The average Bonchev–Trinajstić information content (AvgIpc) is 2.27. The van der Waals surface area contributed by atoms with Crippen molar-refractivity contribution in [3.05, 3.63) is 35.9 Å². The molecule has 0 atom stereocenters. The van der Waals surface area contributed by atoms with Crippen molar-refractivity contribution < 1.29 is 19.7 Å². The zero-order valence-electron chi connectivity index (χ0n) is 9.38. The van der Waals surface area contributed by atoms with Crippen molar-refractivity contribution in [3.63, 3.8) is 0 Å². The maximum absolute atomic E-state index is 12.0. The molecule has 1 rings (SSSR count). The number of hydrogen-bond acceptors (Lipinski definition) is 4. The van der Waals surface area contributed by atoms with E-state index in [1.165, 1.54) is 0 Å². The van der Waals surface area contributed by atoms with Crippen LogP contribution in [-0.4, -0.2) is 34.5 Å². The van der Waals surface area contributed by atoms with Crippen LogP contribution in [0.1, 0.15) is 24.2 Å². The Morgan fingerprint density at radius 2 is 1.88 bits per heavy atom. The van der Waals surface area contributed by atoms with Gasteiger partial charge in [0, 0.05) is 5.56 Å². The van der Waals surface area contributed by atoms with Crippen molar-refractivity contribution in [3.8, 4) is 0 Å². The van der Waals surface area contributed by atoms with E-state index in [4.69, 9.17) is 14.9 Å². The van der Waals surface area contributed by atoms with E-state index in [-0.39, 0.29) is 12.4 Å². The number of Topliss-reactive ketones (excluding diaryl/α,β-unsaturated/α-hetero) is 1. The topological polar surface area (TPSA) is 66.8 Å². The number of ether oxygens (including phenoxy) is 1. The molecule has 0 heterocycles. The van der Waals surface area contributed by atoms with Crippen molar-refractivity contribution >= 4 is 5.78 Å². The second-order valence-corrected chi connectivity index (χ2v) is 4.00. The van der Waals surface area contributed by atoms with Crippen molar-refractivity contribution in [1.29, 1.82) is 0 Å². The van der Waals surface area contributed by atoms with Crippen LogP contribution in [0.15, 0.2) is 30.3 Å². The molecule has 0 saturated heterocycles. The van der Waals surface area contributed by atoms with Crippen molar-refractivity contribution in [1.82, 2.24) is 0 Å². The molecule has 0 fully saturated rings. The summed E-state index contributed by atoms with van der Waals surface area (Å²) in [6.45, 7) is 2.92. The van der Waals surface area contributed by atoms with Crippen LogP contribution in [0.5, 0.6) is 0 Å². The van der Waals surface area contributed by atoms with Gasteiger partial charge in [-0.15, -0.1) is 0 Å². The summed E-state index contributed by atoms with van der Waals surface area (Å²) in [7, 11) is 0. The lowest BCUT2D eigenvalue weighted by Crippen LogP contribution is -2.37. The zero-order chi connectivity index (χ0) is 12.2. The number of aliphatic hydroxyl groups is 2. The lowest BCUT2D eigenvalue weighted by molar-refractivity contribution is -0.123. The Labute approximate surface area is 94.5 Å². The highest BCUT2D eigenvalue weighted by Crippen LogP contribution is 2.17. The van der Waals surface area contributed by atoms with Crippen molar-refractivity contribution in [2.75, 3.05) is 6.61 Å². The molecule has 1 aromatic rings. The third-order valence-electron chi connectivity index (χ3n) is 2.18. The largest absolute Gasteiger partial charge is 0.366 e. The Morgan fingerprint density at radius 3 is 2.38 bits per heavy atom. The van der Waals surface area contributed by atoms with Gasteiger partial charge >= 0.3 is 0 Å². The van der Waals surface area contributed by atoms with Gasteiger partial charge in [-0.2, -0.15) is 0 Å². The number of benzene rings is 1. The molecule has 0 radical (unpaired) electrons. The fraction of sp³-hybridized carbons (Fsp3) is 0.417. The smallest absolute Gasteiger partial charge is 0.194 e. The molecule has 1 aromatic carbocycles. The van der Waals surface area contributed by atoms with Gasteiger partial charge in [0.2, 0.25) is 0 Å². The molecule has 4 nitrogen and oxygen atoms in total. The number of rotatable bonds is 5. The van der Waals surface area contributed by atoms with Crippen LogP contribution in [0.25, 0.3) is 0 Å². The maximum atomic E-state index is 12.0. The summed E-state index contributed by atoms with van der Waals surface area (Å²) >= 11 is 0. The lowest BCUT2D eigenvalue weighted by Gasteiger charge is -2.24. The lowest BCUT2D eigenvalue weighted by atomic mass is 9.96. The van der Waals surface area contributed by atoms with Gasteiger partial charge in [0.1, 0.15) is 5.60 Å². The molecule has 4 heteroatoms. The molecule has 2 N–H and O–H groups in total. The maximum Gasteiger partial charge on any atom is 0.194 e. The minimum Gasteiger partial charge on any atom is -0.366 e. The Bertz CT molecular complexity index is 343. The van der Waals surface area contributed by atoms with Gasteiger partial charge in [0.05, 0.1) is 6.61 Å². The first-order valence-electron chi connectivity index (χ1n) is 5.03. The summed E-state index contributed by atoms with van der Waals surface area (Å²) in [6, 6.07) is 8.75. The normalized spacial score (nSPS) is 11.8. The number of ketones is 1. The van der Waals surface area contributed by atoms with E-state index in [9.17, 15) is 4.79 Å². The van der Waals surface area contributed by atoms with Crippen LogP contribution in [0.3, 0.4) is 0 Å². The summed E-state index contributed by atoms with van der Waals surface area (Å²) in [5.74, 6) is -0.186. The van der Waals surface area contributed by atoms with E-state index in [0.29, 0.717) is 5.56 Å². The van der Waals surface area contributed by atoms with Gasteiger partial charge in [0.25, 0.3) is 0 Å². The Kier molecular flexibility index (Phi) is 4.18. The highest BCUT2D eigenvalue weighted by Gasteiger charge is 2.29. The minimum atomic E-state index is -1.57. The first-order valence-corrected chi connectivity index (χ1v) is 5.03. The third kappa shape index (κ3) is 3.41. The van der Waals surface area contributed by atoms with Crippen LogP contribution >= 0.6 is 0 Å². The van der Waals surface area contributed by atoms with E-state index in [1.54, 1.807) is 38.1 Å². The number of aliphatic hydroxyl groups excluding tert-OH is 1. The van der Waals surface area contributed by atoms with Crippen LogP contribution in [0, 0.1) is 0 Å². The summed E-state index contributed by atoms with van der Waals surface area (Å²) < 4.78 is 5.16. The molecule has 0 spiro atoms. The molecule has 0 amide bonds. The molecule has 0 aliphatic heterocycles. The van der Waals surface area contributed by atoms with E-state index in [1.807, 2.05) is 6.07 Å². The van der Waals surface area contributed by atoms with Gasteiger partial charge in [-0.25, -0.2) is 0 Å². The van der Waals surface area contributed by atoms with Crippen LogP contribution < -0.4 is 0 Å². The molecule has 0 unspecified atom stereocenters. The fourth-order valence-corrected chi connectivity index (χ4v) is 1.29. The van der Waals surface area contributed by atoms with E-state index in [2.05, 4.69) is 0 Å². The van der Waals surface area contributed by atoms with Crippen LogP contribution in [-0.2, 0) is 4.74 Å². The molecular formula is C12H16O4. The summed E-state index contributed by atoms with van der Waals surface area (Å²) in [5.41, 5.74) is -0.523. The van der Waals surface area contributed by atoms with Gasteiger partial charge in [-0.3, -0.25) is 4.79 Å². The van der Waals surface area contributed by atoms with Gasteiger partial charge in [-0.05, 0) is 13.8 Å². The highest BCUT2D eigenvalue weighted by molar-refractivity contribution is 6.01. The fourth-order valence-electron chi connectivity index (χ4n) is 1.29. The van der Waals surface area contributed by atoms with Gasteiger partial charge in [0.15, 0.2) is 12.1 Å². The minimum absolute atomic E-state index is 0.186. The monoisotopic (exact) mass is 224 g/mol. The first-order chi connectivity index (χ1) is 7.43. The van der Waals surface area contributed by atoms with E-state index in [0.717, 1.165) is 0 Å². The molecule has 16 heavy (non-hydrogen) atoms. The van der Waals surface area contributed by atoms with Crippen LogP contribution in [0.4, 0.5) is 0 Å². The standard InChI is InChI=1S/C12H16O4/c1-12(2,16-8-10(13)14)11(15)9-6-4-3-5-7-9/h3-7,10,13-14H,8H2,1-2H3. The SMILES string of the molecule is CC(C)(OCC(O)O)C(=O)c1ccccc1. The van der Waals surface area contributed by atoms with Crippen LogP contribution in [0.2, 0.25) is 0 Å². The highest BCUT2D eigenvalue weighted by atomic mass is 16.6.